The van der Waals surface area contributed by atoms with Crippen LogP contribution in [0.5, 0.6) is 23.0 Å². The molecule has 0 saturated heterocycles. The summed E-state index contributed by atoms with van der Waals surface area (Å²) in [6.45, 7) is 2.45. The standard InChI is InChI=1S/C26H24O6/c1-4-31-23-8-6-5-7-19(23)11-15-22(27)18-9-13-21(14-10-18)32-26(28)20-12-16-24(29-2)25(17-20)30-3/h5-17H,4H2,1-3H3. The molecular formula is C26H24O6. The fourth-order valence-electron chi connectivity index (χ4n) is 2.98. The van der Waals surface area contributed by atoms with Crippen molar-refractivity contribution in [2.24, 2.45) is 0 Å². The van der Waals surface area contributed by atoms with Crippen molar-refractivity contribution in [3.05, 3.63) is 89.5 Å². The molecule has 0 radical (unpaired) electrons. The minimum absolute atomic E-state index is 0.172. The third kappa shape index (κ3) is 5.55. The van der Waals surface area contributed by atoms with E-state index in [9.17, 15) is 9.59 Å². The first-order valence-electron chi connectivity index (χ1n) is 10.0. The van der Waals surface area contributed by atoms with Crippen LogP contribution in [0, 0.1) is 0 Å². The zero-order valence-corrected chi connectivity index (χ0v) is 18.2. The van der Waals surface area contributed by atoms with Gasteiger partial charge >= 0.3 is 5.97 Å². The number of allylic oxidation sites excluding steroid dienone is 1. The molecule has 32 heavy (non-hydrogen) atoms. The second-order valence-corrected chi connectivity index (χ2v) is 6.65. The van der Waals surface area contributed by atoms with Gasteiger partial charge in [0, 0.05) is 11.1 Å². The van der Waals surface area contributed by atoms with E-state index in [-0.39, 0.29) is 5.78 Å². The van der Waals surface area contributed by atoms with Gasteiger partial charge in [0.15, 0.2) is 17.3 Å². The van der Waals surface area contributed by atoms with Crippen molar-refractivity contribution in [3.8, 4) is 23.0 Å². The smallest absolute Gasteiger partial charge is 0.343 e. The molecule has 164 valence electrons. The molecule has 0 heterocycles. The summed E-state index contributed by atoms with van der Waals surface area (Å²) in [7, 11) is 3.01. The maximum atomic E-state index is 12.5. The molecule has 0 aromatic heterocycles. The van der Waals surface area contributed by atoms with E-state index in [4.69, 9.17) is 18.9 Å². The lowest BCUT2D eigenvalue weighted by atomic mass is 10.1. The first kappa shape index (κ1) is 22.6. The Bertz CT molecular complexity index is 1120. The van der Waals surface area contributed by atoms with Crippen LogP contribution in [-0.4, -0.2) is 32.6 Å². The van der Waals surface area contributed by atoms with Gasteiger partial charge in [-0.25, -0.2) is 4.79 Å². The quantitative estimate of drug-likeness (QED) is 0.200. The molecule has 0 atom stereocenters. The Labute approximate surface area is 187 Å². The molecule has 0 bridgehead atoms. The van der Waals surface area contributed by atoms with Crippen LogP contribution in [0.1, 0.15) is 33.2 Å². The van der Waals surface area contributed by atoms with Crippen LogP contribution in [0.4, 0.5) is 0 Å². The van der Waals surface area contributed by atoms with Crippen molar-refractivity contribution in [2.75, 3.05) is 20.8 Å². The molecule has 0 fully saturated rings. The molecule has 6 nitrogen and oxygen atoms in total. The third-order valence-corrected chi connectivity index (χ3v) is 4.60. The first-order chi connectivity index (χ1) is 15.5. The Morgan fingerprint density at radius 2 is 1.50 bits per heavy atom. The molecule has 6 heteroatoms. The second-order valence-electron chi connectivity index (χ2n) is 6.65. The number of hydrogen-bond donors (Lipinski definition) is 0. The summed E-state index contributed by atoms with van der Waals surface area (Å²) in [5.74, 6) is 1.28. The van der Waals surface area contributed by atoms with E-state index in [0.717, 1.165) is 11.3 Å². The fourth-order valence-corrected chi connectivity index (χ4v) is 2.98. The van der Waals surface area contributed by atoms with E-state index in [1.807, 2.05) is 31.2 Å². The molecule has 0 aliphatic carbocycles. The number of hydrogen-bond acceptors (Lipinski definition) is 6. The van der Waals surface area contributed by atoms with Crippen LogP contribution in [0.3, 0.4) is 0 Å². The van der Waals surface area contributed by atoms with Crippen LogP contribution in [0.25, 0.3) is 6.08 Å². The van der Waals surface area contributed by atoms with Crippen LogP contribution in [-0.2, 0) is 0 Å². The summed E-state index contributed by atoms with van der Waals surface area (Å²) in [6, 6.07) is 18.6. The van der Waals surface area contributed by atoms with E-state index in [2.05, 4.69) is 0 Å². The number of methoxy groups -OCH3 is 2. The molecule has 0 spiro atoms. The van der Waals surface area contributed by atoms with Gasteiger partial charge in [-0.05, 0) is 67.6 Å². The molecule has 0 N–H and O–H groups in total. The highest BCUT2D eigenvalue weighted by Gasteiger charge is 2.13. The van der Waals surface area contributed by atoms with Crippen LogP contribution >= 0.6 is 0 Å². The topological polar surface area (TPSA) is 71.1 Å². The summed E-state index contributed by atoms with van der Waals surface area (Å²) < 4.78 is 21.3. The number of para-hydroxylation sites is 1. The summed E-state index contributed by atoms with van der Waals surface area (Å²) in [5.41, 5.74) is 1.61. The van der Waals surface area contributed by atoms with Gasteiger partial charge in [0.2, 0.25) is 0 Å². The maximum Gasteiger partial charge on any atom is 0.343 e. The monoisotopic (exact) mass is 432 g/mol. The van der Waals surface area contributed by atoms with E-state index in [0.29, 0.717) is 35.0 Å². The highest BCUT2D eigenvalue weighted by molar-refractivity contribution is 6.07. The Hall–Kier alpha value is -4.06. The predicted molar refractivity (Wildman–Crippen MR) is 122 cm³/mol. The van der Waals surface area contributed by atoms with Crippen molar-refractivity contribution in [1.29, 1.82) is 0 Å². The summed E-state index contributed by atoms with van der Waals surface area (Å²) in [4.78, 5) is 24.9. The number of ketones is 1. The third-order valence-electron chi connectivity index (χ3n) is 4.60. The number of carbonyl (C=O) groups excluding carboxylic acids is 2. The van der Waals surface area contributed by atoms with Gasteiger partial charge in [-0.3, -0.25) is 4.79 Å². The second kappa shape index (κ2) is 10.8. The zero-order chi connectivity index (χ0) is 22.9. The van der Waals surface area contributed by atoms with Crippen LogP contribution < -0.4 is 18.9 Å². The number of carbonyl (C=O) groups is 2. The molecule has 0 aliphatic rings. The van der Waals surface area contributed by atoms with Gasteiger partial charge in [0.25, 0.3) is 0 Å². The van der Waals surface area contributed by atoms with Gasteiger partial charge < -0.3 is 18.9 Å². The van der Waals surface area contributed by atoms with Crippen molar-refractivity contribution >= 4 is 17.8 Å². The van der Waals surface area contributed by atoms with E-state index >= 15 is 0 Å². The Kier molecular flexibility index (Phi) is 7.65. The van der Waals surface area contributed by atoms with Crippen LogP contribution in [0.15, 0.2) is 72.8 Å². The van der Waals surface area contributed by atoms with Gasteiger partial charge in [0.1, 0.15) is 11.5 Å². The fraction of sp³-hybridized carbons (Fsp3) is 0.154. The first-order valence-corrected chi connectivity index (χ1v) is 10.0. The van der Waals surface area contributed by atoms with Crippen LogP contribution in [0.2, 0.25) is 0 Å². The number of ether oxygens (including phenoxy) is 4. The predicted octanol–water partition coefficient (Wildman–Crippen LogP) is 5.22. The van der Waals surface area contributed by atoms with Crippen molar-refractivity contribution in [3.63, 3.8) is 0 Å². The Morgan fingerprint density at radius 3 is 2.19 bits per heavy atom. The molecule has 0 unspecified atom stereocenters. The van der Waals surface area contributed by atoms with E-state index < -0.39 is 5.97 Å². The van der Waals surface area contributed by atoms with Crippen molar-refractivity contribution in [2.45, 2.75) is 6.92 Å². The highest BCUT2D eigenvalue weighted by atomic mass is 16.5. The number of benzene rings is 3. The Balaban J connectivity index is 1.67. The average Bonchev–Trinajstić information content (AvgIpc) is 2.83. The normalized spacial score (nSPS) is 10.6. The lowest BCUT2D eigenvalue weighted by Crippen LogP contribution is -2.09. The lowest BCUT2D eigenvalue weighted by Gasteiger charge is -2.09. The molecule has 3 aromatic rings. The Morgan fingerprint density at radius 1 is 0.812 bits per heavy atom. The summed E-state index contributed by atoms with van der Waals surface area (Å²) in [5, 5.41) is 0. The van der Waals surface area contributed by atoms with Gasteiger partial charge in [-0.1, -0.05) is 18.2 Å². The van der Waals surface area contributed by atoms with Crippen molar-refractivity contribution < 1.29 is 28.5 Å². The number of rotatable bonds is 9. The SMILES string of the molecule is CCOc1ccccc1C=CC(=O)c1ccc(OC(=O)c2ccc(OC)c(OC)c2)cc1. The van der Waals surface area contributed by atoms with Gasteiger partial charge in [0.05, 0.1) is 26.4 Å². The summed E-state index contributed by atoms with van der Waals surface area (Å²) >= 11 is 0. The maximum absolute atomic E-state index is 12.5. The highest BCUT2D eigenvalue weighted by Crippen LogP contribution is 2.28. The van der Waals surface area contributed by atoms with Gasteiger partial charge in [-0.15, -0.1) is 0 Å². The van der Waals surface area contributed by atoms with Crippen molar-refractivity contribution in [1.82, 2.24) is 0 Å². The number of esters is 1. The van der Waals surface area contributed by atoms with E-state index in [1.54, 1.807) is 48.5 Å². The molecule has 3 aromatic carbocycles. The lowest BCUT2D eigenvalue weighted by molar-refractivity contribution is 0.0734. The molecule has 0 amide bonds. The molecule has 0 aliphatic heterocycles. The zero-order valence-electron chi connectivity index (χ0n) is 18.2. The average molecular weight is 432 g/mol. The van der Waals surface area contributed by atoms with Gasteiger partial charge in [-0.2, -0.15) is 0 Å². The minimum Gasteiger partial charge on any atom is -0.493 e. The summed E-state index contributed by atoms with van der Waals surface area (Å²) in [6.07, 6.45) is 3.21. The van der Waals surface area contributed by atoms with E-state index in [1.165, 1.54) is 20.3 Å². The largest absolute Gasteiger partial charge is 0.493 e. The minimum atomic E-state index is -0.544. The molecule has 3 rings (SSSR count). The molecular weight excluding hydrogens is 408 g/mol. The molecule has 0 saturated carbocycles.